The van der Waals surface area contributed by atoms with Crippen LogP contribution in [0.15, 0.2) is 28.2 Å². The Balaban J connectivity index is 2.00. The number of aliphatic hydroxyl groups excluding tert-OH is 1. The van der Waals surface area contributed by atoms with Crippen LogP contribution in [-0.4, -0.2) is 29.6 Å². The maximum atomic E-state index is 12.2. The van der Waals surface area contributed by atoms with E-state index in [0.717, 1.165) is 10.4 Å². The van der Waals surface area contributed by atoms with Crippen LogP contribution in [0, 0.1) is 11.8 Å². The third-order valence-electron chi connectivity index (χ3n) is 2.72. The molecule has 0 saturated heterocycles. The zero-order valence-electron chi connectivity index (χ0n) is 11.4. The van der Waals surface area contributed by atoms with E-state index >= 15 is 0 Å². The fraction of sp³-hybridized carbons (Fsp3) is 0.267. The second-order valence-corrected chi connectivity index (χ2v) is 5.62. The fourth-order valence-corrected chi connectivity index (χ4v) is 2.69. The Morgan fingerprint density at radius 1 is 1.57 bits per heavy atom. The van der Waals surface area contributed by atoms with E-state index in [9.17, 15) is 4.79 Å². The van der Waals surface area contributed by atoms with Gasteiger partial charge < -0.3 is 14.4 Å². The first kappa shape index (κ1) is 15.6. The van der Waals surface area contributed by atoms with Gasteiger partial charge in [0.2, 0.25) is 5.22 Å². The lowest BCUT2D eigenvalue weighted by atomic mass is 10.2. The number of halogens is 1. The van der Waals surface area contributed by atoms with Crippen LogP contribution >= 0.6 is 22.9 Å². The van der Waals surface area contributed by atoms with Gasteiger partial charge in [0, 0.05) is 20.0 Å². The van der Waals surface area contributed by atoms with Gasteiger partial charge in [0.15, 0.2) is 0 Å². The third kappa shape index (κ3) is 4.11. The number of thiophene rings is 1. The Labute approximate surface area is 131 Å². The average molecular weight is 324 g/mol. The van der Waals surface area contributed by atoms with Crippen molar-refractivity contribution in [1.29, 1.82) is 0 Å². The predicted molar refractivity (Wildman–Crippen MR) is 82.4 cm³/mol. The lowest BCUT2D eigenvalue weighted by molar-refractivity contribution is 0.0784. The first-order chi connectivity index (χ1) is 10.1. The molecule has 0 fully saturated rings. The first-order valence-electron chi connectivity index (χ1n) is 6.27. The SMILES string of the molecule is CN(Cc1csc(C#CCCO)c1)C(=O)c1ccoc1Cl. The van der Waals surface area contributed by atoms with E-state index in [-0.39, 0.29) is 17.7 Å². The number of aliphatic hydroxyl groups is 1. The Hall–Kier alpha value is -1.74. The molecule has 0 aliphatic rings. The van der Waals surface area contributed by atoms with Crippen molar-refractivity contribution in [2.24, 2.45) is 0 Å². The summed E-state index contributed by atoms with van der Waals surface area (Å²) >= 11 is 7.32. The van der Waals surface area contributed by atoms with E-state index in [4.69, 9.17) is 21.1 Å². The van der Waals surface area contributed by atoms with E-state index in [0.29, 0.717) is 18.5 Å². The van der Waals surface area contributed by atoms with Crippen LogP contribution in [0.2, 0.25) is 5.22 Å². The van der Waals surface area contributed by atoms with Crippen molar-refractivity contribution >= 4 is 28.8 Å². The van der Waals surface area contributed by atoms with Gasteiger partial charge in [-0.25, -0.2) is 0 Å². The van der Waals surface area contributed by atoms with Crippen molar-refractivity contribution in [3.63, 3.8) is 0 Å². The summed E-state index contributed by atoms with van der Waals surface area (Å²) in [6.45, 7) is 0.534. The molecular formula is C15H14ClNO3S. The van der Waals surface area contributed by atoms with Gasteiger partial charge in [-0.1, -0.05) is 11.8 Å². The van der Waals surface area contributed by atoms with Crippen molar-refractivity contribution in [3.05, 3.63) is 45.0 Å². The van der Waals surface area contributed by atoms with Crippen molar-refractivity contribution in [2.75, 3.05) is 13.7 Å². The molecule has 6 heteroatoms. The molecule has 4 nitrogen and oxygen atoms in total. The molecule has 2 aromatic heterocycles. The van der Waals surface area contributed by atoms with Crippen molar-refractivity contribution in [3.8, 4) is 11.8 Å². The number of carbonyl (C=O) groups excluding carboxylic acids is 1. The summed E-state index contributed by atoms with van der Waals surface area (Å²) in [5, 5.41) is 10.7. The number of carbonyl (C=O) groups is 1. The molecule has 0 saturated carbocycles. The summed E-state index contributed by atoms with van der Waals surface area (Å²) in [4.78, 5) is 14.7. The molecule has 0 bridgehead atoms. The summed E-state index contributed by atoms with van der Waals surface area (Å²) in [6, 6.07) is 3.50. The molecule has 0 atom stereocenters. The van der Waals surface area contributed by atoms with Crippen molar-refractivity contribution in [2.45, 2.75) is 13.0 Å². The molecule has 1 amide bonds. The second kappa shape index (κ2) is 7.32. The average Bonchev–Trinajstić information content (AvgIpc) is 3.07. The number of nitrogens with zero attached hydrogens (tertiary/aromatic N) is 1. The van der Waals surface area contributed by atoms with E-state index in [2.05, 4.69) is 11.8 Å². The topological polar surface area (TPSA) is 53.7 Å². The van der Waals surface area contributed by atoms with Crippen LogP contribution in [0.4, 0.5) is 0 Å². The minimum absolute atomic E-state index is 0.0634. The molecule has 0 unspecified atom stereocenters. The summed E-state index contributed by atoms with van der Waals surface area (Å²) in [5.41, 5.74) is 1.36. The number of hydrogen-bond acceptors (Lipinski definition) is 4. The highest BCUT2D eigenvalue weighted by atomic mass is 35.5. The van der Waals surface area contributed by atoms with Crippen LogP contribution in [-0.2, 0) is 6.54 Å². The number of hydrogen-bond donors (Lipinski definition) is 1. The molecule has 1 N–H and O–H groups in total. The fourth-order valence-electron chi connectivity index (χ4n) is 1.73. The van der Waals surface area contributed by atoms with Gasteiger partial charge in [0.1, 0.15) is 0 Å². The molecular weight excluding hydrogens is 310 g/mol. The normalized spacial score (nSPS) is 10.0. The monoisotopic (exact) mass is 323 g/mol. The van der Waals surface area contributed by atoms with Gasteiger partial charge >= 0.3 is 0 Å². The van der Waals surface area contributed by atoms with Crippen LogP contribution in [0.25, 0.3) is 0 Å². The highest BCUT2D eigenvalue weighted by Crippen LogP contribution is 2.20. The van der Waals surface area contributed by atoms with Gasteiger partial charge in [-0.3, -0.25) is 4.79 Å². The highest BCUT2D eigenvalue weighted by molar-refractivity contribution is 7.10. The highest BCUT2D eigenvalue weighted by Gasteiger charge is 2.17. The predicted octanol–water partition coefficient (Wildman–Crippen LogP) is 3.00. The lowest BCUT2D eigenvalue weighted by Crippen LogP contribution is -2.25. The quantitative estimate of drug-likeness (QED) is 0.880. The number of amides is 1. The van der Waals surface area contributed by atoms with Gasteiger partial charge in [0.05, 0.1) is 23.3 Å². The molecule has 2 aromatic rings. The van der Waals surface area contributed by atoms with Crippen LogP contribution in [0.5, 0.6) is 0 Å². The van der Waals surface area contributed by atoms with Crippen molar-refractivity contribution < 1.29 is 14.3 Å². The molecule has 2 rings (SSSR count). The van der Waals surface area contributed by atoms with Crippen molar-refractivity contribution in [1.82, 2.24) is 4.90 Å². The zero-order valence-corrected chi connectivity index (χ0v) is 13.0. The molecule has 0 spiro atoms. The maximum Gasteiger partial charge on any atom is 0.258 e. The van der Waals surface area contributed by atoms with Crippen LogP contribution in [0.1, 0.15) is 27.2 Å². The molecule has 0 aliphatic heterocycles. The number of furan rings is 1. The lowest BCUT2D eigenvalue weighted by Gasteiger charge is -2.15. The smallest absolute Gasteiger partial charge is 0.258 e. The molecule has 21 heavy (non-hydrogen) atoms. The van der Waals surface area contributed by atoms with Gasteiger partial charge in [0.25, 0.3) is 5.91 Å². The van der Waals surface area contributed by atoms with E-state index in [1.165, 1.54) is 17.6 Å². The minimum atomic E-state index is -0.187. The van der Waals surface area contributed by atoms with Crippen LogP contribution in [0.3, 0.4) is 0 Å². The van der Waals surface area contributed by atoms with E-state index in [1.54, 1.807) is 18.0 Å². The Kier molecular flexibility index (Phi) is 5.45. The minimum Gasteiger partial charge on any atom is -0.452 e. The molecule has 2 heterocycles. The summed E-state index contributed by atoms with van der Waals surface area (Å²) in [6.07, 6.45) is 1.85. The second-order valence-electron chi connectivity index (χ2n) is 4.36. The van der Waals surface area contributed by atoms with Gasteiger partial charge in [-0.05, 0) is 34.7 Å². The van der Waals surface area contributed by atoms with E-state index in [1.807, 2.05) is 11.4 Å². The van der Waals surface area contributed by atoms with Gasteiger partial charge in [-0.2, -0.15) is 0 Å². The molecule has 0 aliphatic carbocycles. The number of rotatable bonds is 4. The first-order valence-corrected chi connectivity index (χ1v) is 7.53. The van der Waals surface area contributed by atoms with Crippen LogP contribution < -0.4 is 0 Å². The molecule has 110 valence electrons. The Morgan fingerprint density at radius 2 is 2.38 bits per heavy atom. The molecule has 0 radical (unpaired) electrons. The maximum absolute atomic E-state index is 12.2. The summed E-state index contributed by atoms with van der Waals surface area (Å²) in [5.74, 6) is 5.66. The molecule has 0 aromatic carbocycles. The summed E-state index contributed by atoms with van der Waals surface area (Å²) < 4.78 is 4.93. The Morgan fingerprint density at radius 3 is 3.05 bits per heavy atom. The zero-order chi connectivity index (χ0) is 15.2. The Bertz CT molecular complexity index is 680. The van der Waals surface area contributed by atoms with E-state index < -0.39 is 0 Å². The standard InChI is InChI=1S/C15H14ClNO3S/c1-17(15(19)13-5-7-20-14(13)16)9-11-8-12(21-10-11)4-2-3-6-18/h5,7-8,10,18H,3,6,9H2,1H3. The van der Waals surface area contributed by atoms with Gasteiger partial charge in [-0.15, -0.1) is 11.3 Å². The largest absolute Gasteiger partial charge is 0.452 e. The third-order valence-corrected chi connectivity index (χ3v) is 3.90. The summed E-state index contributed by atoms with van der Waals surface area (Å²) in [7, 11) is 1.71.